The van der Waals surface area contributed by atoms with Crippen LogP contribution in [0.15, 0.2) is 29.9 Å². The molecule has 2 aromatic heterocycles. The predicted molar refractivity (Wildman–Crippen MR) is 79.1 cm³/mol. The number of hydrogen-bond acceptors (Lipinski definition) is 5. The highest BCUT2D eigenvalue weighted by Gasteiger charge is 2.08. The van der Waals surface area contributed by atoms with Gasteiger partial charge < -0.3 is 11.1 Å². The summed E-state index contributed by atoms with van der Waals surface area (Å²) in [5, 5.41) is 6.37. The number of nitrogens with two attached hydrogens (primary N) is 1. The fraction of sp³-hybridized carbons (Fsp3) is 0.250. The zero-order valence-corrected chi connectivity index (χ0v) is 11.6. The second kappa shape index (κ2) is 5.88. The third-order valence-corrected chi connectivity index (χ3v) is 3.75. The van der Waals surface area contributed by atoms with E-state index in [-0.39, 0.29) is 0 Å². The topological polar surface area (TPSA) is 63.8 Å². The van der Waals surface area contributed by atoms with Crippen molar-refractivity contribution in [2.24, 2.45) is 5.73 Å². The molecule has 1 atom stereocenters. The predicted octanol–water partition coefficient (Wildman–Crippen LogP) is 2.39. The maximum absolute atomic E-state index is 5.58. The highest BCUT2D eigenvalue weighted by molar-refractivity contribution is 7.80. The number of thiazole rings is 1. The number of pyridine rings is 1. The molecule has 0 radical (unpaired) electrons. The van der Waals surface area contributed by atoms with Crippen LogP contribution in [0.4, 0.5) is 5.82 Å². The van der Waals surface area contributed by atoms with Gasteiger partial charge >= 0.3 is 0 Å². The van der Waals surface area contributed by atoms with Gasteiger partial charge in [0.1, 0.15) is 10.8 Å². The number of thiocarbonyl (C=S) groups is 1. The van der Waals surface area contributed by atoms with Crippen molar-refractivity contribution in [3.05, 3.63) is 40.5 Å². The lowest BCUT2D eigenvalue weighted by molar-refractivity contribution is 0.792. The minimum Gasteiger partial charge on any atom is -0.389 e. The van der Waals surface area contributed by atoms with Crippen molar-refractivity contribution in [2.45, 2.75) is 12.8 Å². The molecule has 0 spiro atoms. The number of rotatable bonds is 5. The number of aromatic nitrogens is 2. The molecule has 0 bridgehead atoms. The molecule has 0 aliphatic carbocycles. The first-order chi connectivity index (χ1) is 8.66. The first-order valence-electron chi connectivity index (χ1n) is 5.56. The van der Waals surface area contributed by atoms with Gasteiger partial charge in [-0.05, 0) is 12.1 Å². The van der Waals surface area contributed by atoms with Crippen molar-refractivity contribution >= 4 is 34.4 Å². The highest BCUT2D eigenvalue weighted by atomic mass is 32.1. The van der Waals surface area contributed by atoms with Gasteiger partial charge in [0.05, 0.1) is 5.01 Å². The third kappa shape index (κ3) is 3.24. The zero-order valence-electron chi connectivity index (χ0n) is 9.96. The Kier molecular flexibility index (Phi) is 4.22. The SMILES string of the molecule is CC(CNc1cc(C(N)=S)ccn1)c1nccs1. The Labute approximate surface area is 115 Å². The van der Waals surface area contributed by atoms with Gasteiger partial charge in [-0.2, -0.15) is 0 Å². The third-order valence-electron chi connectivity index (χ3n) is 2.51. The summed E-state index contributed by atoms with van der Waals surface area (Å²) in [5.41, 5.74) is 6.41. The molecule has 2 aromatic rings. The Bertz CT molecular complexity index is 525. The molecule has 0 aliphatic rings. The molecular weight excluding hydrogens is 264 g/mol. The number of hydrogen-bond donors (Lipinski definition) is 2. The normalized spacial score (nSPS) is 12.1. The average Bonchev–Trinajstić information content (AvgIpc) is 2.90. The van der Waals surface area contributed by atoms with E-state index in [1.54, 1.807) is 23.6 Å². The summed E-state index contributed by atoms with van der Waals surface area (Å²) in [6.45, 7) is 2.91. The van der Waals surface area contributed by atoms with E-state index in [0.29, 0.717) is 10.9 Å². The van der Waals surface area contributed by atoms with Gasteiger partial charge in [0.2, 0.25) is 0 Å². The summed E-state index contributed by atoms with van der Waals surface area (Å²) in [4.78, 5) is 8.91. The van der Waals surface area contributed by atoms with Gasteiger partial charge in [-0.3, -0.25) is 0 Å². The summed E-state index contributed by atoms with van der Waals surface area (Å²) in [6, 6.07) is 3.66. The number of anilines is 1. The lowest BCUT2D eigenvalue weighted by atomic mass is 10.2. The van der Waals surface area contributed by atoms with Crippen molar-refractivity contribution in [1.29, 1.82) is 0 Å². The van der Waals surface area contributed by atoms with E-state index >= 15 is 0 Å². The molecule has 1 unspecified atom stereocenters. The van der Waals surface area contributed by atoms with E-state index in [1.165, 1.54) is 0 Å². The van der Waals surface area contributed by atoms with Crippen LogP contribution in [0.1, 0.15) is 23.4 Å². The molecule has 6 heteroatoms. The van der Waals surface area contributed by atoms with Gasteiger partial charge in [0.25, 0.3) is 0 Å². The molecule has 2 rings (SSSR count). The molecule has 3 N–H and O–H groups in total. The van der Waals surface area contributed by atoms with Crippen LogP contribution in [-0.2, 0) is 0 Å². The minimum absolute atomic E-state index is 0.347. The summed E-state index contributed by atoms with van der Waals surface area (Å²) >= 11 is 6.60. The van der Waals surface area contributed by atoms with Crippen LogP contribution in [0, 0.1) is 0 Å². The summed E-state index contributed by atoms with van der Waals surface area (Å²) < 4.78 is 0. The molecule has 0 aliphatic heterocycles. The van der Waals surface area contributed by atoms with Crippen molar-refractivity contribution < 1.29 is 0 Å². The first-order valence-corrected chi connectivity index (χ1v) is 6.84. The van der Waals surface area contributed by atoms with E-state index in [4.69, 9.17) is 18.0 Å². The van der Waals surface area contributed by atoms with Gasteiger partial charge in [0, 0.05) is 35.8 Å². The Hall–Kier alpha value is -1.53. The number of nitrogens with one attached hydrogen (secondary N) is 1. The van der Waals surface area contributed by atoms with Crippen LogP contribution in [0.2, 0.25) is 0 Å². The Morgan fingerprint density at radius 2 is 2.33 bits per heavy atom. The van der Waals surface area contributed by atoms with E-state index in [9.17, 15) is 0 Å². The van der Waals surface area contributed by atoms with Crippen molar-refractivity contribution in [1.82, 2.24) is 9.97 Å². The van der Waals surface area contributed by atoms with Crippen LogP contribution in [0.3, 0.4) is 0 Å². The molecule has 0 saturated heterocycles. The Morgan fingerprint density at radius 3 is 3.00 bits per heavy atom. The van der Waals surface area contributed by atoms with Gasteiger partial charge in [-0.1, -0.05) is 19.1 Å². The van der Waals surface area contributed by atoms with Crippen molar-refractivity contribution in [3.8, 4) is 0 Å². The van der Waals surface area contributed by atoms with Gasteiger partial charge in [-0.25, -0.2) is 9.97 Å². The fourth-order valence-electron chi connectivity index (χ4n) is 1.50. The average molecular weight is 278 g/mol. The van der Waals surface area contributed by atoms with E-state index in [2.05, 4.69) is 22.2 Å². The van der Waals surface area contributed by atoms with E-state index in [1.807, 2.05) is 17.6 Å². The molecule has 0 fully saturated rings. The van der Waals surface area contributed by atoms with Crippen LogP contribution in [-0.4, -0.2) is 21.5 Å². The molecule has 4 nitrogen and oxygen atoms in total. The molecule has 2 heterocycles. The minimum atomic E-state index is 0.347. The quantitative estimate of drug-likeness (QED) is 0.822. The summed E-state index contributed by atoms with van der Waals surface area (Å²) in [7, 11) is 0. The smallest absolute Gasteiger partial charge is 0.126 e. The lowest BCUT2D eigenvalue weighted by Crippen LogP contribution is -2.13. The molecule has 94 valence electrons. The van der Waals surface area contributed by atoms with E-state index < -0.39 is 0 Å². The molecule has 18 heavy (non-hydrogen) atoms. The fourth-order valence-corrected chi connectivity index (χ4v) is 2.33. The van der Waals surface area contributed by atoms with Crippen LogP contribution < -0.4 is 11.1 Å². The van der Waals surface area contributed by atoms with Crippen molar-refractivity contribution in [3.63, 3.8) is 0 Å². The van der Waals surface area contributed by atoms with Gasteiger partial charge in [-0.15, -0.1) is 11.3 Å². The maximum Gasteiger partial charge on any atom is 0.126 e. The highest BCUT2D eigenvalue weighted by Crippen LogP contribution is 2.18. The first kappa shape index (κ1) is 12.9. The zero-order chi connectivity index (χ0) is 13.0. The van der Waals surface area contributed by atoms with Crippen LogP contribution in [0.25, 0.3) is 0 Å². The second-order valence-corrected chi connectivity index (χ2v) is 5.31. The van der Waals surface area contributed by atoms with Gasteiger partial charge in [0.15, 0.2) is 0 Å². The van der Waals surface area contributed by atoms with E-state index in [0.717, 1.165) is 22.9 Å². The number of nitrogens with zero attached hydrogens (tertiary/aromatic N) is 2. The summed E-state index contributed by atoms with van der Waals surface area (Å²) in [6.07, 6.45) is 3.52. The molecular formula is C12H14N4S2. The van der Waals surface area contributed by atoms with Crippen molar-refractivity contribution in [2.75, 3.05) is 11.9 Å². The standard InChI is InChI=1S/C12H14N4S2/c1-8(12-15-4-5-18-12)7-16-10-6-9(11(13)17)2-3-14-10/h2-6,8H,7H2,1H3,(H2,13,17)(H,14,16). The Morgan fingerprint density at radius 1 is 1.50 bits per heavy atom. The molecule has 0 amide bonds. The second-order valence-electron chi connectivity index (χ2n) is 3.95. The molecule has 0 aromatic carbocycles. The van der Waals surface area contributed by atoms with Crippen LogP contribution in [0.5, 0.6) is 0 Å². The van der Waals surface area contributed by atoms with Crippen LogP contribution >= 0.6 is 23.6 Å². The molecule has 0 saturated carbocycles. The maximum atomic E-state index is 5.58. The Balaban J connectivity index is 1.98. The lowest BCUT2D eigenvalue weighted by Gasteiger charge is -2.11. The summed E-state index contributed by atoms with van der Waals surface area (Å²) in [5.74, 6) is 1.13. The largest absolute Gasteiger partial charge is 0.389 e. The monoisotopic (exact) mass is 278 g/mol.